The molecule has 8 heteroatoms. The van der Waals surface area contributed by atoms with Crippen LogP contribution in [0.3, 0.4) is 0 Å². The molecule has 0 unspecified atom stereocenters. The van der Waals surface area contributed by atoms with Crippen LogP contribution in [0.5, 0.6) is 5.75 Å². The Labute approximate surface area is 155 Å². The zero-order valence-electron chi connectivity index (χ0n) is 15.0. The molecule has 1 aromatic carbocycles. The summed E-state index contributed by atoms with van der Waals surface area (Å²) in [4.78, 5) is 37.2. The van der Waals surface area contributed by atoms with Crippen molar-refractivity contribution in [2.24, 2.45) is 0 Å². The number of furan rings is 1. The zero-order valence-corrected chi connectivity index (χ0v) is 15.0. The van der Waals surface area contributed by atoms with E-state index in [2.05, 4.69) is 5.32 Å². The van der Waals surface area contributed by atoms with Gasteiger partial charge in [0.25, 0.3) is 5.91 Å². The number of hydrogen-bond donors (Lipinski definition) is 2. The van der Waals surface area contributed by atoms with Crippen molar-refractivity contribution in [1.82, 2.24) is 10.2 Å². The van der Waals surface area contributed by atoms with E-state index in [4.69, 9.17) is 9.15 Å². The predicted molar refractivity (Wildman–Crippen MR) is 94.3 cm³/mol. The van der Waals surface area contributed by atoms with E-state index >= 15 is 0 Å². The quantitative estimate of drug-likeness (QED) is 0.565. The lowest BCUT2D eigenvalue weighted by Gasteiger charge is -2.21. The number of hydrogen-bond acceptors (Lipinski definition) is 6. The lowest BCUT2D eigenvalue weighted by molar-refractivity contribution is -0.132. The zero-order chi connectivity index (χ0) is 19.6. The molecule has 2 N–H and O–H groups in total. The number of carbonyl (C=O) groups is 3. The van der Waals surface area contributed by atoms with Crippen molar-refractivity contribution in [3.8, 4) is 5.75 Å². The van der Waals surface area contributed by atoms with Gasteiger partial charge in [-0.25, -0.2) is 4.79 Å². The summed E-state index contributed by atoms with van der Waals surface area (Å²) in [6, 6.07) is 9.16. The highest BCUT2D eigenvalue weighted by molar-refractivity contribution is 6.06. The number of β-amino-alcohol motifs (C(OH)–C–C–N with tert-alkyl or cyclic N) is 1. The van der Waals surface area contributed by atoms with Gasteiger partial charge < -0.3 is 19.6 Å². The van der Waals surface area contributed by atoms with Crippen molar-refractivity contribution in [3.05, 3.63) is 54.0 Å². The number of Topliss-reactive ketones (excluding diaryl/α,β-unsaturated/α-hetero) is 1. The maximum atomic E-state index is 12.7. The maximum absolute atomic E-state index is 12.7. The van der Waals surface area contributed by atoms with Crippen molar-refractivity contribution in [2.75, 3.05) is 13.2 Å². The fourth-order valence-corrected chi connectivity index (χ4v) is 2.85. The molecule has 3 rings (SSSR count). The highest BCUT2D eigenvalue weighted by Crippen LogP contribution is 2.29. The van der Waals surface area contributed by atoms with Gasteiger partial charge in [-0.15, -0.1) is 0 Å². The van der Waals surface area contributed by atoms with E-state index in [0.29, 0.717) is 17.1 Å². The van der Waals surface area contributed by atoms with Crippen molar-refractivity contribution in [2.45, 2.75) is 25.5 Å². The monoisotopic (exact) mass is 372 g/mol. The van der Waals surface area contributed by atoms with Gasteiger partial charge >= 0.3 is 6.03 Å². The molecule has 2 heterocycles. The third-order valence-corrected chi connectivity index (χ3v) is 4.37. The molecule has 2 aromatic rings. The molecule has 0 radical (unpaired) electrons. The molecule has 0 bridgehead atoms. The molecule has 0 aliphatic carbocycles. The molecule has 1 aromatic heterocycles. The van der Waals surface area contributed by atoms with Gasteiger partial charge in [-0.1, -0.05) is 12.1 Å². The molecule has 27 heavy (non-hydrogen) atoms. The molecule has 1 fully saturated rings. The molecular formula is C19H20N2O6. The molecule has 1 aliphatic rings. The Bertz CT molecular complexity index is 863. The third kappa shape index (κ3) is 3.70. The van der Waals surface area contributed by atoms with Gasteiger partial charge in [-0.3, -0.25) is 14.5 Å². The number of carbonyl (C=O) groups excluding carboxylic acids is 3. The Morgan fingerprint density at radius 1 is 1.33 bits per heavy atom. The molecule has 3 amide bonds. The minimum Gasteiger partial charge on any atom is -0.491 e. The first kappa shape index (κ1) is 18.7. The Balaban J connectivity index is 1.62. The minimum atomic E-state index is -1.31. The molecule has 0 saturated carbocycles. The van der Waals surface area contributed by atoms with Crippen molar-refractivity contribution in [3.63, 3.8) is 0 Å². The average molecular weight is 372 g/mol. The Hall–Kier alpha value is -3.13. The van der Waals surface area contributed by atoms with E-state index in [9.17, 15) is 19.5 Å². The first-order valence-corrected chi connectivity index (χ1v) is 8.41. The van der Waals surface area contributed by atoms with Crippen LogP contribution < -0.4 is 10.1 Å². The number of nitrogens with one attached hydrogen (secondary N) is 1. The second kappa shape index (κ2) is 7.24. The Morgan fingerprint density at radius 3 is 2.78 bits per heavy atom. The first-order chi connectivity index (χ1) is 12.8. The van der Waals surface area contributed by atoms with E-state index in [0.717, 1.165) is 4.90 Å². The van der Waals surface area contributed by atoms with Crippen LogP contribution in [0.4, 0.5) is 4.79 Å². The molecule has 142 valence electrons. The number of amides is 3. The van der Waals surface area contributed by atoms with Gasteiger partial charge in [0.05, 0.1) is 12.8 Å². The highest BCUT2D eigenvalue weighted by Gasteiger charge is 2.51. The van der Waals surface area contributed by atoms with E-state index in [1.165, 1.54) is 13.2 Å². The maximum Gasteiger partial charge on any atom is 0.325 e. The number of aliphatic hydroxyl groups excluding tert-OH is 1. The van der Waals surface area contributed by atoms with Crippen LogP contribution in [0.2, 0.25) is 0 Å². The van der Waals surface area contributed by atoms with Crippen molar-refractivity contribution in [1.29, 1.82) is 0 Å². The summed E-state index contributed by atoms with van der Waals surface area (Å²) in [7, 11) is 0. The number of imide groups is 1. The minimum absolute atomic E-state index is 0.0995. The average Bonchev–Trinajstić information content (AvgIpc) is 3.25. The van der Waals surface area contributed by atoms with Gasteiger partial charge in [0.1, 0.15) is 24.2 Å². The van der Waals surface area contributed by atoms with Crippen LogP contribution >= 0.6 is 0 Å². The number of aliphatic hydroxyl groups is 1. The third-order valence-electron chi connectivity index (χ3n) is 4.37. The van der Waals surface area contributed by atoms with Crippen LogP contribution in [0.1, 0.15) is 30.0 Å². The van der Waals surface area contributed by atoms with E-state index < -0.39 is 23.6 Å². The fraction of sp³-hybridized carbons (Fsp3) is 0.316. The number of rotatable bonds is 7. The largest absolute Gasteiger partial charge is 0.491 e. The number of benzene rings is 1. The van der Waals surface area contributed by atoms with Crippen LogP contribution in [-0.4, -0.2) is 47.0 Å². The van der Waals surface area contributed by atoms with Crippen LogP contribution in [0, 0.1) is 0 Å². The van der Waals surface area contributed by atoms with Crippen LogP contribution in [0.25, 0.3) is 0 Å². The normalized spacial score (nSPS) is 20.5. The van der Waals surface area contributed by atoms with Crippen LogP contribution in [0.15, 0.2) is 47.1 Å². The van der Waals surface area contributed by atoms with Crippen molar-refractivity contribution < 1.29 is 28.6 Å². The Kier molecular flexibility index (Phi) is 5.00. The number of nitrogens with zero attached hydrogens (tertiary/aromatic N) is 1. The Morgan fingerprint density at radius 2 is 2.11 bits per heavy atom. The molecular weight excluding hydrogens is 352 g/mol. The van der Waals surface area contributed by atoms with E-state index in [1.54, 1.807) is 43.3 Å². The summed E-state index contributed by atoms with van der Waals surface area (Å²) in [5.41, 5.74) is -0.818. The van der Waals surface area contributed by atoms with Crippen molar-refractivity contribution >= 4 is 17.7 Å². The number of ketones is 1. The fourth-order valence-electron chi connectivity index (χ4n) is 2.85. The number of urea groups is 1. The topological polar surface area (TPSA) is 109 Å². The highest BCUT2D eigenvalue weighted by atomic mass is 16.5. The summed E-state index contributed by atoms with van der Waals surface area (Å²) < 4.78 is 10.7. The lowest BCUT2D eigenvalue weighted by atomic mass is 9.99. The number of ether oxygens (including phenoxy) is 1. The summed E-state index contributed by atoms with van der Waals surface area (Å²) in [5.74, 6) is 0.118. The van der Waals surface area contributed by atoms with Gasteiger partial charge in [0, 0.05) is 5.56 Å². The van der Waals surface area contributed by atoms with Gasteiger partial charge in [0.15, 0.2) is 11.3 Å². The molecule has 1 saturated heterocycles. The first-order valence-electron chi connectivity index (χ1n) is 8.41. The molecule has 8 nitrogen and oxygen atoms in total. The smallest absolute Gasteiger partial charge is 0.325 e. The second-order valence-corrected chi connectivity index (χ2v) is 6.50. The summed E-state index contributed by atoms with van der Waals surface area (Å²) in [5, 5.41) is 12.8. The second-order valence-electron chi connectivity index (χ2n) is 6.50. The van der Waals surface area contributed by atoms with Gasteiger partial charge in [-0.05, 0) is 38.1 Å². The SMILES string of the molecule is CC(=O)c1cccc(OC[C@@H](O)CN2C(=O)N[C@@](C)(c3ccco3)C2=O)c1. The predicted octanol–water partition coefficient (Wildman–Crippen LogP) is 1.69. The molecule has 0 spiro atoms. The van der Waals surface area contributed by atoms with E-state index in [-0.39, 0.29) is 18.9 Å². The standard InChI is InChI=1S/C19H20N2O6/c1-12(22)13-5-3-6-15(9-13)27-11-14(23)10-21-17(24)19(2,20-18(21)25)16-7-4-8-26-16/h3-9,14,23H,10-11H2,1-2H3,(H,20,25)/t14-,19-/m0/s1. The van der Waals surface area contributed by atoms with Gasteiger partial charge in [-0.2, -0.15) is 0 Å². The summed E-state index contributed by atoms with van der Waals surface area (Å²) >= 11 is 0. The lowest BCUT2D eigenvalue weighted by Crippen LogP contribution is -2.42. The van der Waals surface area contributed by atoms with Crippen LogP contribution in [-0.2, 0) is 10.3 Å². The summed E-state index contributed by atoms with van der Waals surface area (Å²) in [6.45, 7) is 2.62. The van der Waals surface area contributed by atoms with Gasteiger partial charge in [0.2, 0.25) is 0 Å². The molecule has 2 atom stereocenters. The summed E-state index contributed by atoms with van der Waals surface area (Å²) in [6.07, 6.45) is 0.320. The van der Waals surface area contributed by atoms with E-state index in [1.807, 2.05) is 0 Å². The molecule has 1 aliphatic heterocycles.